The van der Waals surface area contributed by atoms with Crippen LogP contribution in [0.4, 0.5) is 11.4 Å². The summed E-state index contributed by atoms with van der Waals surface area (Å²) in [6.45, 7) is 0. The Hall–Kier alpha value is -4.52. The number of nitrogen functional groups attached to an aromatic ring is 1. The van der Waals surface area contributed by atoms with Crippen LogP contribution < -0.4 is 25.3 Å². The van der Waals surface area contributed by atoms with Gasteiger partial charge in [0.2, 0.25) is 0 Å². The van der Waals surface area contributed by atoms with E-state index in [1.807, 2.05) is 78.9 Å². The van der Waals surface area contributed by atoms with Gasteiger partial charge in [0.15, 0.2) is 0 Å². The standard InChI is InChI=1S/C27H24N4O3/c1-32-19-8-4-17(5-9-19)29-24-16-27-25(15-22(24)28)30-23-13-12-21(34-3)14-26(23)31(27)18-6-10-20(33-2)11-7-18/h4-16H,28H2,1-3H3. The van der Waals surface area contributed by atoms with Gasteiger partial charge in [0.05, 0.1) is 60.5 Å². The molecule has 2 N–H and O–H groups in total. The minimum atomic E-state index is 0.546. The van der Waals surface area contributed by atoms with Crippen LogP contribution in [0.5, 0.6) is 17.2 Å². The van der Waals surface area contributed by atoms with Gasteiger partial charge in [0.1, 0.15) is 17.2 Å². The van der Waals surface area contributed by atoms with Crippen LogP contribution >= 0.6 is 0 Å². The molecule has 34 heavy (non-hydrogen) atoms. The van der Waals surface area contributed by atoms with Crippen molar-refractivity contribution in [2.24, 2.45) is 4.99 Å². The lowest BCUT2D eigenvalue weighted by Crippen LogP contribution is -2.14. The van der Waals surface area contributed by atoms with Crippen molar-refractivity contribution in [2.45, 2.75) is 0 Å². The first-order valence-corrected chi connectivity index (χ1v) is 10.7. The highest BCUT2D eigenvalue weighted by molar-refractivity contribution is 5.85. The topological polar surface area (TPSA) is 83.9 Å². The fourth-order valence-electron chi connectivity index (χ4n) is 3.92. The van der Waals surface area contributed by atoms with Crippen LogP contribution in [0.1, 0.15) is 0 Å². The maximum Gasteiger partial charge on any atom is 0.121 e. The van der Waals surface area contributed by atoms with Gasteiger partial charge in [-0.3, -0.25) is 0 Å². The molecule has 3 aromatic carbocycles. The molecule has 1 aliphatic heterocycles. The second kappa shape index (κ2) is 8.78. The van der Waals surface area contributed by atoms with Gasteiger partial charge >= 0.3 is 0 Å². The Kier molecular flexibility index (Phi) is 5.51. The fraction of sp³-hybridized carbons (Fsp3) is 0.111. The van der Waals surface area contributed by atoms with Crippen LogP contribution in [0, 0.1) is 0 Å². The third kappa shape index (κ3) is 3.88. The Morgan fingerprint density at radius 1 is 0.735 bits per heavy atom. The number of benzene rings is 4. The second-order valence-corrected chi connectivity index (χ2v) is 7.71. The zero-order valence-electron chi connectivity index (χ0n) is 19.1. The molecule has 0 saturated carbocycles. The van der Waals surface area contributed by atoms with Gasteiger partial charge in [0.25, 0.3) is 0 Å². The number of ether oxygens (including phenoxy) is 3. The lowest BCUT2D eigenvalue weighted by Gasteiger charge is -2.20. The van der Waals surface area contributed by atoms with Crippen molar-refractivity contribution >= 4 is 22.4 Å². The maximum atomic E-state index is 6.40. The molecule has 1 heterocycles. The lowest BCUT2D eigenvalue weighted by atomic mass is 10.1. The molecule has 0 radical (unpaired) electrons. The molecule has 0 fully saturated rings. The third-order valence-corrected chi connectivity index (χ3v) is 5.68. The molecule has 2 aliphatic rings. The van der Waals surface area contributed by atoms with Crippen LogP contribution in [0.15, 0.2) is 83.9 Å². The number of nitrogens with two attached hydrogens (primary N) is 1. The Labute approximate surface area is 197 Å². The van der Waals surface area contributed by atoms with E-state index in [0.717, 1.165) is 51.0 Å². The predicted octanol–water partition coefficient (Wildman–Crippen LogP) is 4.97. The molecule has 7 nitrogen and oxygen atoms in total. The van der Waals surface area contributed by atoms with E-state index in [2.05, 4.69) is 4.57 Å². The van der Waals surface area contributed by atoms with E-state index in [0.29, 0.717) is 11.0 Å². The molecule has 0 bridgehead atoms. The second-order valence-electron chi connectivity index (χ2n) is 7.71. The number of hydrogen-bond donors (Lipinski definition) is 1. The molecular weight excluding hydrogens is 428 g/mol. The van der Waals surface area contributed by atoms with Crippen molar-refractivity contribution in [3.63, 3.8) is 0 Å². The van der Waals surface area contributed by atoms with Crippen LogP contribution in [0.2, 0.25) is 0 Å². The smallest absolute Gasteiger partial charge is 0.121 e. The largest absolute Gasteiger partial charge is 0.497 e. The molecule has 0 atom stereocenters. The van der Waals surface area contributed by atoms with Crippen LogP contribution in [-0.4, -0.2) is 30.9 Å². The van der Waals surface area contributed by atoms with Gasteiger partial charge in [-0.2, -0.15) is 0 Å². The first-order valence-electron chi connectivity index (χ1n) is 10.7. The van der Waals surface area contributed by atoms with Crippen LogP contribution in [-0.2, 0) is 0 Å². The average molecular weight is 453 g/mol. The van der Waals surface area contributed by atoms with E-state index in [1.165, 1.54) is 0 Å². The zero-order chi connectivity index (χ0) is 23.7. The highest BCUT2D eigenvalue weighted by Gasteiger charge is 2.16. The number of methoxy groups -OCH3 is 3. The van der Waals surface area contributed by atoms with Crippen molar-refractivity contribution < 1.29 is 14.2 Å². The molecule has 0 spiro atoms. The minimum absolute atomic E-state index is 0.546. The zero-order valence-corrected chi connectivity index (χ0v) is 19.1. The van der Waals surface area contributed by atoms with Gasteiger partial charge in [-0.25, -0.2) is 9.98 Å². The number of anilines is 1. The van der Waals surface area contributed by atoms with E-state index in [-0.39, 0.29) is 0 Å². The van der Waals surface area contributed by atoms with Gasteiger partial charge in [0, 0.05) is 11.8 Å². The monoisotopic (exact) mass is 452 g/mol. The Balaban J connectivity index is 1.81. The van der Waals surface area contributed by atoms with E-state index in [1.54, 1.807) is 21.3 Å². The summed E-state index contributed by atoms with van der Waals surface area (Å²) < 4.78 is 18.2. The Morgan fingerprint density at radius 3 is 2.00 bits per heavy atom. The Morgan fingerprint density at radius 2 is 1.35 bits per heavy atom. The quantitative estimate of drug-likeness (QED) is 0.301. The molecule has 3 aromatic rings. The molecule has 0 aromatic heterocycles. The first-order chi connectivity index (χ1) is 16.6. The summed E-state index contributed by atoms with van der Waals surface area (Å²) >= 11 is 0. The van der Waals surface area contributed by atoms with Gasteiger partial charge < -0.3 is 24.5 Å². The molecule has 0 saturated heterocycles. The number of fused-ring (bicyclic) bond motifs is 2. The van der Waals surface area contributed by atoms with Gasteiger partial charge in [-0.05, 0) is 72.8 Å². The van der Waals surface area contributed by atoms with Crippen molar-refractivity contribution in [3.8, 4) is 34.3 Å². The van der Waals surface area contributed by atoms with Crippen LogP contribution in [0.25, 0.3) is 28.1 Å². The summed E-state index contributed by atoms with van der Waals surface area (Å²) in [6.07, 6.45) is 0. The highest BCUT2D eigenvalue weighted by Crippen LogP contribution is 2.32. The maximum absolute atomic E-state index is 6.40. The summed E-state index contributed by atoms with van der Waals surface area (Å²) in [6, 6.07) is 25.0. The van der Waals surface area contributed by atoms with Gasteiger partial charge in [-0.15, -0.1) is 0 Å². The summed E-state index contributed by atoms with van der Waals surface area (Å²) in [7, 11) is 4.94. The molecule has 0 unspecified atom stereocenters. The normalized spacial score (nSPS) is 11.7. The molecule has 170 valence electrons. The van der Waals surface area contributed by atoms with Crippen molar-refractivity contribution in [3.05, 3.63) is 84.2 Å². The molecular formula is C27H24N4O3. The first kappa shape index (κ1) is 21.3. The molecule has 5 rings (SSSR count). The van der Waals surface area contributed by atoms with E-state index >= 15 is 0 Å². The van der Waals surface area contributed by atoms with E-state index < -0.39 is 0 Å². The van der Waals surface area contributed by atoms with Crippen molar-refractivity contribution in [1.29, 1.82) is 0 Å². The van der Waals surface area contributed by atoms with Crippen LogP contribution in [0.3, 0.4) is 0 Å². The predicted molar refractivity (Wildman–Crippen MR) is 133 cm³/mol. The number of hydrogen-bond acceptors (Lipinski definition) is 6. The summed E-state index contributed by atoms with van der Waals surface area (Å²) in [4.78, 5) is 9.64. The van der Waals surface area contributed by atoms with Gasteiger partial charge in [-0.1, -0.05) is 0 Å². The third-order valence-electron chi connectivity index (χ3n) is 5.68. The molecule has 0 amide bonds. The van der Waals surface area contributed by atoms with Crippen molar-refractivity contribution in [1.82, 2.24) is 9.55 Å². The highest BCUT2D eigenvalue weighted by atomic mass is 16.5. The van der Waals surface area contributed by atoms with Crippen molar-refractivity contribution in [2.75, 3.05) is 27.1 Å². The number of aromatic nitrogens is 2. The summed E-state index contributed by atoms with van der Waals surface area (Å²) in [5.74, 6) is 2.30. The van der Waals surface area contributed by atoms with E-state index in [4.69, 9.17) is 29.9 Å². The summed E-state index contributed by atoms with van der Waals surface area (Å²) in [5.41, 5.74) is 12.0. The molecule has 7 heteroatoms. The minimum Gasteiger partial charge on any atom is -0.497 e. The fourth-order valence-corrected chi connectivity index (χ4v) is 3.92. The number of nitrogens with zero attached hydrogens (tertiary/aromatic N) is 3. The average Bonchev–Trinajstić information content (AvgIpc) is 2.88. The molecule has 1 aliphatic carbocycles. The summed E-state index contributed by atoms with van der Waals surface area (Å²) in [5, 5.41) is 0.656. The lowest BCUT2D eigenvalue weighted by molar-refractivity contribution is 0.414. The van der Waals surface area contributed by atoms with E-state index in [9.17, 15) is 0 Å². The number of rotatable bonds is 5. The SMILES string of the molecule is COc1ccc(N=c2cc3n(-c4ccc(OC)cc4)c4cc(OC)ccc4nc-3cc2N)cc1. The Bertz CT molecular complexity index is 1510.